The Morgan fingerprint density at radius 3 is 1.94 bits per heavy atom. The Morgan fingerprint density at radius 1 is 0.944 bits per heavy atom. The van der Waals surface area contributed by atoms with Gasteiger partial charge < -0.3 is 5.73 Å². The second-order valence-electron chi connectivity index (χ2n) is 4.27. The van der Waals surface area contributed by atoms with Gasteiger partial charge in [0.25, 0.3) is 0 Å². The number of amides is 1. The average molecular weight is 236 g/mol. The zero-order valence-corrected chi connectivity index (χ0v) is 9.76. The van der Waals surface area contributed by atoms with Crippen molar-refractivity contribution < 1.29 is 4.79 Å². The van der Waals surface area contributed by atoms with E-state index in [1.54, 1.807) is 0 Å². The standard InChI is InChI=1S/C15H12N2O/c16-15(18)9-12-10-5-1-3-7-13(10)17-14-8-4-2-6-11(12)14/h1-8H,9H2,(H2,16,18). The molecule has 2 aromatic carbocycles. The molecule has 3 heteroatoms. The van der Waals surface area contributed by atoms with Crippen LogP contribution in [0.15, 0.2) is 48.5 Å². The van der Waals surface area contributed by atoms with Gasteiger partial charge in [-0.1, -0.05) is 36.4 Å². The van der Waals surface area contributed by atoms with E-state index >= 15 is 0 Å². The monoisotopic (exact) mass is 236 g/mol. The molecule has 0 saturated carbocycles. The number of benzene rings is 2. The van der Waals surface area contributed by atoms with Crippen molar-refractivity contribution >= 4 is 27.7 Å². The molecular formula is C15H12N2O. The Balaban J connectivity index is 2.45. The van der Waals surface area contributed by atoms with Crippen molar-refractivity contribution in [3.8, 4) is 0 Å². The van der Waals surface area contributed by atoms with E-state index in [0.717, 1.165) is 27.4 Å². The van der Waals surface area contributed by atoms with Gasteiger partial charge in [0.1, 0.15) is 0 Å². The highest BCUT2D eigenvalue weighted by Gasteiger charge is 2.10. The van der Waals surface area contributed by atoms with Crippen molar-refractivity contribution in [2.75, 3.05) is 0 Å². The summed E-state index contributed by atoms with van der Waals surface area (Å²) in [4.78, 5) is 15.9. The van der Waals surface area contributed by atoms with Gasteiger partial charge in [-0.25, -0.2) is 4.98 Å². The lowest BCUT2D eigenvalue weighted by molar-refractivity contribution is -0.117. The number of carbonyl (C=O) groups is 1. The molecule has 1 amide bonds. The summed E-state index contributed by atoms with van der Waals surface area (Å²) in [7, 11) is 0. The zero-order chi connectivity index (χ0) is 12.5. The first-order chi connectivity index (χ1) is 8.75. The van der Waals surface area contributed by atoms with Crippen molar-refractivity contribution in [2.24, 2.45) is 5.73 Å². The van der Waals surface area contributed by atoms with E-state index in [9.17, 15) is 4.79 Å². The van der Waals surface area contributed by atoms with Gasteiger partial charge >= 0.3 is 0 Å². The summed E-state index contributed by atoms with van der Waals surface area (Å²) in [6.07, 6.45) is 0.240. The fourth-order valence-electron chi connectivity index (χ4n) is 2.29. The lowest BCUT2D eigenvalue weighted by Gasteiger charge is -2.09. The maximum absolute atomic E-state index is 11.3. The third kappa shape index (κ3) is 1.70. The maximum atomic E-state index is 11.3. The van der Waals surface area contributed by atoms with Crippen LogP contribution in [0.1, 0.15) is 5.56 Å². The Hall–Kier alpha value is -2.42. The van der Waals surface area contributed by atoms with E-state index in [0.29, 0.717) is 0 Å². The van der Waals surface area contributed by atoms with Gasteiger partial charge in [0.15, 0.2) is 0 Å². The molecule has 3 nitrogen and oxygen atoms in total. The molecule has 1 heterocycles. The Labute approximate surface area is 104 Å². The van der Waals surface area contributed by atoms with Crippen molar-refractivity contribution in [3.63, 3.8) is 0 Å². The molecule has 0 aliphatic heterocycles. The summed E-state index contributed by atoms with van der Waals surface area (Å²) in [5, 5.41) is 1.99. The van der Waals surface area contributed by atoms with Crippen LogP contribution < -0.4 is 5.73 Å². The van der Waals surface area contributed by atoms with Crippen molar-refractivity contribution in [1.29, 1.82) is 0 Å². The summed E-state index contributed by atoms with van der Waals surface area (Å²) < 4.78 is 0. The van der Waals surface area contributed by atoms with Crippen LogP contribution in [-0.2, 0) is 11.2 Å². The molecule has 0 fully saturated rings. The van der Waals surface area contributed by atoms with Gasteiger partial charge in [0, 0.05) is 10.8 Å². The number of aromatic nitrogens is 1. The van der Waals surface area contributed by atoms with Crippen LogP contribution in [0.2, 0.25) is 0 Å². The Morgan fingerprint density at radius 2 is 1.44 bits per heavy atom. The minimum absolute atomic E-state index is 0.240. The summed E-state index contributed by atoms with van der Waals surface area (Å²) >= 11 is 0. The van der Waals surface area contributed by atoms with Gasteiger partial charge in [0.2, 0.25) is 5.91 Å². The van der Waals surface area contributed by atoms with Gasteiger partial charge in [-0.3, -0.25) is 4.79 Å². The van der Waals surface area contributed by atoms with Gasteiger partial charge in [0.05, 0.1) is 17.5 Å². The molecule has 1 aromatic heterocycles. The molecule has 18 heavy (non-hydrogen) atoms. The lowest BCUT2D eigenvalue weighted by Crippen LogP contribution is -2.14. The number of hydrogen-bond acceptors (Lipinski definition) is 2. The molecule has 88 valence electrons. The quantitative estimate of drug-likeness (QED) is 0.695. The fraction of sp³-hybridized carbons (Fsp3) is 0.0667. The highest BCUT2D eigenvalue weighted by molar-refractivity contribution is 6.00. The summed E-state index contributed by atoms with van der Waals surface area (Å²) in [5.74, 6) is -0.323. The third-order valence-corrected chi connectivity index (χ3v) is 3.05. The second-order valence-corrected chi connectivity index (χ2v) is 4.27. The number of pyridine rings is 1. The molecule has 0 saturated heterocycles. The Bertz CT molecular complexity index is 696. The van der Waals surface area contributed by atoms with E-state index in [1.165, 1.54) is 0 Å². The number of nitrogens with zero attached hydrogens (tertiary/aromatic N) is 1. The zero-order valence-electron chi connectivity index (χ0n) is 9.76. The average Bonchev–Trinajstić information content (AvgIpc) is 2.38. The summed E-state index contributed by atoms with van der Waals surface area (Å²) in [5.41, 5.74) is 8.10. The number of para-hydroxylation sites is 2. The number of carbonyl (C=O) groups excluding carboxylic acids is 1. The smallest absolute Gasteiger partial charge is 0.221 e. The molecular weight excluding hydrogens is 224 g/mol. The first kappa shape index (κ1) is 10.7. The van der Waals surface area contributed by atoms with E-state index in [2.05, 4.69) is 4.98 Å². The van der Waals surface area contributed by atoms with E-state index < -0.39 is 0 Å². The van der Waals surface area contributed by atoms with Gasteiger partial charge in [-0.2, -0.15) is 0 Å². The van der Waals surface area contributed by atoms with Crippen LogP contribution in [0.25, 0.3) is 21.8 Å². The summed E-state index contributed by atoms with van der Waals surface area (Å²) in [6.45, 7) is 0. The van der Waals surface area contributed by atoms with Crippen LogP contribution in [-0.4, -0.2) is 10.9 Å². The van der Waals surface area contributed by atoms with E-state index in [-0.39, 0.29) is 12.3 Å². The maximum Gasteiger partial charge on any atom is 0.221 e. The summed E-state index contributed by atoms with van der Waals surface area (Å²) in [6, 6.07) is 15.6. The predicted octanol–water partition coefficient (Wildman–Crippen LogP) is 2.42. The highest BCUT2D eigenvalue weighted by atomic mass is 16.1. The minimum Gasteiger partial charge on any atom is -0.369 e. The van der Waals surface area contributed by atoms with Crippen LogP contribution in [0.5, 0.6) is 0 Å². The second kappa shape index (κ2) is 4.11. The molecule has 0 aliphatic carbocycles. The molecule has 0 aliphatic rings. The molecule has 3 aromatic rings. The van der Waals surface area contributed by atoms with Crippen molar-refractivity contribution in [1.82, 2.24) is 4.98 Å². The Kier molecular flexibility index (Phi) is 2.45. The van der Waals surface area contributed by atoms with E-state index in [4.69, 9.17) is 5.73 Å². The number of nitrogens with two attached hydrogens (primary N) is 1. The third-order valence-electron chi connectivity index (χ3n) is 3.05. The SMILES string of the molecule is NC(=O)Cc1c2ccccc2nc2ccccc12. The molecule has 0 unspecified atom stereocenters. The normalized spacial score (nSPS) is 10.9. The first-order valence-electron chi connectivity index (χ1n) is 5.80. The number of rotatable bonds is 2. The van der Waals surface area contributed by atoms with Gasteiger partial charge in [-0.05, 0) is 17.7 Å². The lowest BCUT2D eigenvalue weighted by atomic mass is 10.00. The first-order valence-corrected chi connectivity index (χ1v) is 5.80. The van der Waals surface area contributed by atoms with Crippen LogP contribution >= 0.6 is 0 Å². The van der Waals surface area contributed by atoms with Crippen LogP contribution in [0.3, 0.4) is 0 Å². The van der Waals surface area contributed by atoms with Gasteiger partial charge in [-0.15, -0.1) is 0 Å². The molecule has 0 spiro atoms. The largest absolute Gasteiger partial charge is 0.369 e. The van der Waals surface area contributed by atoms with Crippen molar-refractivity contribution in [3.05, 3.63) is 54.1 Å². The fourth-order valence-corrected chi connectivity index (χ4v) is 2.29. The molecule has 0 bridgehead atoms. The van der Waals surface area contributed by atoms with Crippen molar-refractivity contribution in [2.45, 2.75) is 6.42 Å². The molecule has 2 N–H and O–H groups in total. The predicted molar refractivity (Wildman–Crippen MR) is 72.1 cm³/mol. The van der Waals surface area contributed by atoms with Crippen LogP contribution in [0.4, 0.5) is 0 Å². The minimum atomic E-state index is -0.323. The molecule has 0 radical (unpaired) electrons. The molecule has 3 rings (SSSR count). The number of fused-ring (bicyclic) bond motifs is 2. The highest BCUT2D eigenvalue weighted by Crippen LogP contribution is 2.25. The van der Waals surface area contributed by atoms with E-state index in [1.807, 2.05) is 48.5 Å². The number of primary amides is 1. The van der Waals surface area contributed by atoms with Crippen LogP contribution in [0, 0.1) is 0 Å². The number of hydrogen-bond donors (Lipinski definition) is 1. The molecule has 0 atom stereocenters. The topological polar surface area (TPSA) is 56.0 Å².